The fourth-order valence-electron chi connectivity index (χ4n) is 6.68. The molecule has 0 saturated heterocycles. The van der Waals surface area contributed by atoms with Crippen LogP contribution in [-0.2, 0) is 14.4 Å². The number of carboxylic acid groups (broad SMARTS) is 2. The van der Waals surface area contributed by atoms with E-state index in [0.29, 0.717) is 23.0 Å². The summed E-state index contributed by atoms with van der Waals surface area (Å²) >= 11 is 0. The molecular weight excluding hydrogens is 404 g/mol. The van der Waals surface area contributed by atoms with Gasteiger partial charge >= 0.3 is 11.9 Å². The lowest BCUT2D eigenvalue weighted by atomic mass is 9.48. The molecule has 31 heavy (non-hydrogen) atoms. The van der Waals surface area contributed by atoms with Crippen molar-refractivity contribution < 1.29 is 39.9 Å². The van der Waals surface area contributed by atoms with Gasteiger partial charge in [-0.05, 0) is 68.1 Å². The number of hydrogen-bond donors (Lipinski definition) is 5. The number of aliphatic carboxylic acids is 2. The Morgan fingerprint density at radius 1 is 0.968 bits per heavy atom. The van der Waals surface area contributed by atoms with E-state index in [0.717, 1.165) is 50.9 Å². The zero-order valence-corrected chi connectivity index (χ0v) is 18.2. The molecule has 4 aliphatic rings. The first-order chi connectivity index (χ1) is 14.4. The number of rotatable bonds is 3. The summed E-state index contributed by atoms with van der Waals surface area (Å²) in [7, 11) is 0. The van der Waals surface area contributed by atoms with Crippen LogP contribution in [-0.4, -0.2) is 61.6 Å². The Kier molecular flexibility index (Phi) is 6.65. The third kappa shape index (κ3) is 4.17. The fraction of sp³-hybridized carbons (Fsp3) is 0.783. The molecule has 174 valence electrons. The van der Waals surface area contributed by atoms with E-state index in [1.54, 1.807) is 0 Å². The fourth-order valence-corrected chi connectivity index (χ4v) is 6.68. The number of aliphatic hydroxyl groups excluding tert-OH is 3. The minimum atomic E-state index is -2.27. The van der Waals surface area contributed by atoms with Gasteiger partial charge in [-0.2, -0.15) is 0 Å². The summed E-state index contributed by atoms with van der Waals surface area (Å²) in [4.78, 5) is 31.9. The highest BCUT2D eigenvalue weighted by Gasteiger charge is 2.58. The minimum Gasteiger partial charge on any atom is -0.479 e. The van der Waals surface area contributed by atoms with Crippen LogP contribution in [0, 0.1) is 28.6 Å². The van der Waals surface area contributed by atoms with E-state index in [4.69, 9.17) is 20.4 Å². The van der Waals surface area contributed by atoms with E-state index < -0.39 is 24.1 Å². The summed E-state index contributed by atoms with van der Waals surface area (Å²) < 4.78 is 0. The quantitative estimate of drug-likeness (QED) is 0.418. The molecule has 0 aromatic rings. The number of allylic oxidation sites excluding steroid dienone is 1. The van der Waals surface area contributed by atoms with Gasteiger partial charge < -0.3 is 25.5 Å². The molecule has 8 nitrogen and oxygen atoms in total. The summed E-state index contributed by atoms with van der Waals surface area (Å²) in [5.74, 6) is -0.937. The van der Waals surface area contributed by atoms with Gasteiger partial charge in [0.25, 0.3) is 0 Å². The van der Waals surface area contributed by atoms with Crippen molar-refractivity contribution in [2.45, 2.75) is 83.5 Å². The van der Waals surface area contributed by atoms with Crippen LogP contribution >= 0.6 is 0 Å². The van der Waals surface area contributed by atoms with Gasteiger partial charge in [0.05, 0.1) is 6.10 Å². The molecule has 0 bridgehead atoms. The Balaban J connectivity index is 0.000000233. The number of hydrogen-bond acceptors (Lipinski definition) is 6. The molecule has 3 saturated carbocycles. The van der Waals surface area contributed by atoms with Crippen LogP contribution < -0.4 is 0 Å². The van der Waals surface area contributed by atoms with Gasteiger partial charge in [0.2, 0.25) is 0 Å². The topological polar surface area (TPSA) is 152 Å². The SMILES string of the molecule is C[C@]12CC[C@H](O)CC1=CC[C@@H]1[C@@H]2CC[C@]2(C)C(=O)CC[C@@H]12.O=C(O)[C@H](O)[C@@H](O)C(=O)O. The third-order valence-electron chi connectivity index (χ3n) is 8.59. The van der Waals surface area contributed by atoms with Gasteiger partial charge in [-0.15, -0.1) is 0 Å². The van der Waals surface area contributed by atoms with Gasteiger partial charge in [-0.3, -0.25) is 4.79 Å². The molecule has 0 radical (unpaired) electrons. The van der Waals surface area contributed by atoms with E-state index in [-0.39, 0.29) is 11.5 Å². The number of aliphatic hydroxyl groups is 3. The Bertz CT molecular complexity index is 758. The average Bonchev–Trinajstić information content (AvgIpc) is 3.02. The average molecular weight is 439 g/mol. The number of Topliss-reactive ketones (excluding diaryl/α,β-unsaturated/α-hetero) is 1. The molecule has 0 aromatic heterocycles. The Morgan fingerprint density at radius 2 is 1.52 bits per heavy atom. The normalized spacial score (nSPS) is 40.8. The van der Waals surface area contributed by atoms with Crippen molar-refractivity contribution in [2.24, 2.45) is 28.6 Å². The van der Waals surface area contributed by atoms with Gasteiger partial charge in [0.15, 0.2) is 12.2 Å². The predicted octanol–water partition coefficient (Wildman–Crippen LogP) is 1.76. The van der Waals surface area contributed by atoms with Crippen molar-refractivity contribution >= 4 is 17.7 Å². The van der Waals surface area contributed by atoms with Gasteiger partial charge in [-0.25, -0.2) is 9.59 Å². The van der Waals surface area contributed by atoms with E-state index in [9.17, 15) is 19.5 Å². The second-order valence-electron chi connectivity index (χ2n) is 10.1. The maximum Gasteiger partial charge on any atom is 0.335 e. The standard InChI is InChI=1S/C19H28O2.C4H6O6/c1-18-9-7-13(20)11-12(18)3-4-14-15-5-6-17(21)19(15,2)10-8-16(14)18;5-1(3(7)8)2(6)4(9)10/h3,13-16,20H,4-11H2,1-2H3;1-2,5-6H,(H,7,8)(H,9,10)/t13-,14-,15-,16-,18-,19-;1-,2-/m01/s1. The second-order valence-corrected chi connectivity index (χ2v) is 10.1. The number of carboxylic acids is 2. The van der Waals surface area contributed by atoms with E-state index >= 15 is 0 Å². The van der Waals surface area contributed by atoms with Crippen LogP contribution in [0.4, 0.5) is 0 Å². The third-order valence-corrected chi connectivity index (χ3v) is 8.59. The van der Waals surface area contributed by atoms with Crippen molar-refractivity contribution in [1.29, 1.82) is 0 Å². The van der Waals surface area contributed by atoms with E-state index in [2.05, 4.69) is 19.9 Å². The van der Waals surface area contributed by atoms with Crippen LogP contribution in [0.5, 0.6) is 0 Å². The monoisotopic (exact) mass is 438 g/mol. The smallest absolute Gasteiger partial charge is 0.335 e. The van der Waals surface area contributed by atoms with Crippen molar-refractivity contribution in [1.82, 2.24) is 0 Å². The lowest BCUT2D eigenvalue weighted by Crippen LogP contribution is -2.50. The molecule has 0 heterocycles. The molecule has 4 rings (SSSR count). The first-order valence-electron chi connectivity index (χ1n) is 11.1. The van der Waals surface area contributed by atoms with Gasteiger partial charge in [0.1, 0.15) is 5.78 Å². The number of fused-ring (bicyclic) bond motifs is 5. The lowest BCUT2D eigenvalue weighted by molar-refractivity contribution is -0.165. The van der Waals surface area contributed by atoms with Crippen molar-refractivity contribution in [3.05, 3.63) is 11.6 Å². The summed E-state index contributed by atoms with van der Waals surface area (Å²) in [6.07, 6.45) is 6.17. The molecule has 5 N–H and O–H groups in total. The Hall–Kier alpha value is -1.77. The summed E-state index contributed by atoms with van der Waals surface area (Å²) in [6.45, 7) is 4.69. The number of ketones is 1. The molecule has 8 heteroatoms. The maximum atomic E-state index is 12.4. The zero-order valence-electron chi connectivity index (χ0n) is 18.2. The van der Waals surface area contributed by atoms with Crippen LogP contribution in [0.2, 0.25) is 0 Å². The predicted molar refractivity (Wildman–Crippen MR) is 110 cm³/mol. The van der Waals surface area contributed by atoms with Gasteiger partial charge in [-0.1, -0.05) is 25.5 Å². The minimum absolute atomic E-state index is 0.0168. The molecule has 8 atom stereocenters. The molecular formula is C23H34O8. The molecule has 0 amide bonds. The second kappa shape index (κ2) is 8.64. The van der Waals surface area contributed by atoms with Crippen LogP contribution in [0.3, 0.4) is 0 Å². The summed E-state index contributed by atoms with van der Waals surface area (Å²) in [6, 6.07) is 0. The molecule has 3 fully saturated rings. The highest BCUT2D eigenvalue weighted by molar-refractivity contribution is 5.87. The van der Waals surface area contributed by atoms with Crippen LogP contribution in [0.25, 0.3) is 0 Å². The van der Waals surface area contributed by atoms with Crippen LogP contribution in [0.1, 0.15) is 65.2 Å². The molecule has 4 aliphatic carbocycles. The Morgan fingerprint density at radius 3 is 2.10 bits per heavy atom. The molecule has 0 unspecified atom stereocenters. The van der Waals surface area contributed by atoms with Gasteiger partial charge in [0, 0.05) is 11.8 Å². The first-order valence-corrected chi connectivity index (χ1v) is 11.1. The van der Waals surface area contributed by atoms with E-state index in [1.807, 2.05) is 0 Å². The molecule has 0 spiro atoms. The summed E-state index contributed by atoms with van der Waals surface area (Å²) in [5, 5.41) is 42.5. The molecule has 0 aliphatic heterocycles. The first kappa shape index (κ1) is 23.9. The number of carbonyl (C=O) groups excluding carboxylic acids is 1. The van der Waals surface area contributed by atoms with E-state index in [1.165, 1.54) is 12.0 Å². The lowest BCUT2D eigenvalue weighted by Gasteiger charge is -2.56. The van der Waals surface area contributed by atoms with Crippen molar-refractivity contribution in [2.75, 3.05) is 0 Å². The van der Waals surface area contributed by atoms with Crippen molar-refractivity contribution in [3.63, 3.8) is 0 Å². The van der Waals surface area contributed by atoms with Crippen LogP contribution in [0.15, 0.2) is 11.6 Å². The summed E-state index contributed by atoms with van der Waals surface area (Å²) in [5.41, 5.74) is 1.81. The molecule has 0 aromatic carbocycles. The zero-order chi connectivity index (χ0) is 23.1. The highest BCUT2D eigenvalue weighted by atomic mass is 16.4. The Labute approximate surface area is 182 Å². The van der Waals surface area contributed by atoms with Crippen molar-refractivity contribution in [3.8, 4) is 0 Å². The maximum absolute atomic E-state index is 12.4. The number of carbonyl (C=O) groups is 3. The largest absolute Gasteiger partial charge is 0.479 e. The highest BCUT2D eigenvalue weighted by Crippen LogP contribution is 2.63.